The number of carbonyl (C=O) groups is 2. The molecular formula is C19H25N3O2S. The van der Waals surface area contributed by atoms with Crippen molar-refractivity contribution in [3.05, 3.63) is 51.7 Å². The van der Waals surface area contributed by atoms with Gasteiger partial charge in [-0.25, -0.2) is 0 Å². The van der Waals surface area contributed by atoms with E-state index in [-0.39, 0.29) is 24.4 Å². The van der Waals surface area contributed by atoms with Crippen LogP contribution in [0.5, 0.6) is 0 Å². The Morgan fingerprint density at radius 1 is 1.16 bits per heavy atom. The number of likely N-dealkylation sites (N-methyl/N-ethyl adjacent to an activating group) is 1. The summed E-state index contributed by atoms with van der Waals surface area (Å²) in [4.78, 5) is 27.6. The molecule has 2 N–H and O–H groups in total. The van der Waals surface area contributed by atoms with E-state index < -0.39 is 0 Å². The van der Waals surface area contributed by atoms with Crippen LogP contribution in [0, 0.1) is 13.8 Å². The molecule has 1 heterocycles. The number of anilines is 1. The predicted octanol–water partition coefficient (Wildman–Crippen LogP) is 2.94. The summed E-state index contributed by atoms with van der Waals surface area (Å²) in [5.74, 6) is -0.380. The number of benzene rings is 1. The molecule has 0 radical (unpaired) electrons. The molecule has 2 aromatic rings. The zero-order chi connectivity index (χ0) is 18.4. The van der Waals surface area contributed by atoms with Gasteiger partial charge in [0.2, 0.25) is 11.8 Å². The lowest BCUT2D eigenvalue weighted by Crippen LogP contribution is -2.45. The van der Waals surface area contributed by atoms with Gasteiger partial charge in [0, 0.05) is 17.1 Å². The number of amides is 2. The molecule has 0 bridgehead atoms. The molecule has 5 nitrogen and oxygen atoms in total. The molecular weight excluding hydrogens is 334 g/mol. The second-order valence-corrected chi connectivity index (χ2v) is 7.24. The van der Waals surface area contributed by atoms with Gasteiger partial charge in [0.05, 0.1) is 12.6 Å². The van der Waals surface area contributed by atoms with Crippen molar-refractivity contribution in [2.75, 3.05) is 18.9 Å². The van der Waals surface area contributed by atoms with Gasteiger partial charge in [-0.05, 0) is 50.4 Å². The zero-order valence-corrected chi connectivity index (χ0v) is 15.9. The van der Waals surface area contributed by atoms with Gasteiger partial charge in [0.25, 0.3) is 0 Å². The van der Waals surface area contributed by atoms with Gasteiger partial charge < -0.3 is 10.6 Å². The minimum absolute atomic E-state index is 0.0379. The summed E-state index contributed by atoms with van der Waals surface area (Å²) >= 11 is 1.67. The molecule has 0 saturated heterocycles. The number of aryl methyl sites for hydroxylation is 2. The summed E-state index contributed by atoms with van der Waals surface area (Å²) in [7, 11) is 1.90. The number of hydrogen-bond donors (Lipinski definition) is 2. The van der Waals surface area contributed by atoms with Gasteiger partial charge in [0.1, 0.15) is 0 Å². The quantitative estimate of drug-likeness (QED) is 0.799. The first-order valence-electron chi connectivity index (χ1n) is 8.25. The molecule has 0 aliphatic carbocycles. The fourth-order valence-corrected chi connectivity index (χ4v) is 3.26. The average Bonchev–Trinajstić information content (AvgIpc) is 3.08. The first-order valence-corrected chi connectivity index (χ1v) is 9.13. The molecule has 1 aromatic heterocycles. The third kappa shape index (κ3) is 5.41. The van der Waals surface area contributed by atoms with Crippen molar-refractivity contribution in [2.24, 2.45) is 0 Å². The SMILES string of the molecule is Cc1cccc(C)c1NC(=O)CNC(=O)[C@@H](C)N(C)Cc1cccs1. The standard InChI is InChI=1S/C19H25N3O2S/c1-13-7-5-8-14(2)18(13)21-17(23)11-20-19(24)15(3)22(4)12-16-9-6-10-25-16/h5-10,15H,11-12H2,1-4H3,(H,20,24)(H,21,23)/t15-/m1/s1. The van der Waals surface area contributed by atoms with E-state index in [4.69, 9.17) is 0 Å². The van der Waals surface area contributed by atoms with Crippen LogP contribution in [0.15, 0.2) is 35.7 Å². The molecule has 0 unspecified atom stereocenters. The maximum absolute atomic E-state index is 12.3. The lowest BCUT2D eigenvalue weighted by molar-refractivity contribution is -0.127. The van der Waals surface area contributed by atoms with E-state index in [2.05, 4.69) is 10.6 Å². The Morgan fingerprint density at radius 3 is 2.44 bits per heavy atom. The highest BCUT2D eigenvalue weighted by Crippen LogP contribution is 2.19. The molecule has 0 aliphatic heterocycles. The Kier molecular flexibility index (Phi) is 6.73. The zero-order valence-electron chi connectivity index (χ0n) is 15.1. The second kappa shape index (κ2) is 8.78. The fourth-order valence-electron chi connectivity index (χ4n) is 2.50. The van der Waals surface area contributed by atoms with Crippen LogP contribution in [0.4, 0.5) is 5.69 Å². The first kappa shape index (κ1) is 19.1. The molecule has 0 fully saturated rings. The summed E-state index contributed by atoms with van der Waals surface area (Å²) in [6.45, 7) is 6.41. The van der Waals surface area contributed by atoms with Crippen molar-refractivity contribution in [1.29, 1.82) is 0 Å². The van der Waals surface area contributed by atoms with E-state index >= 15 is 0 Å². The summed E-state index contributed by atoms with van der Waals surface area (Å²) in [5, 5.41) is 7.61. The third-order valence-electron chi connectivity index (χ3n) is 4.19. The number of nitrogens with zero attached hydrogens (tertiary/aromatic N) is 1. The average molecular weight is 359 g/mol. The molecule has 1 aromatic carbocycles. The van der Waals surface area contributed by atoms with E-state index in [0.717, 1.165) is 16.8 Å². The van der Waals surface area contributed by atoms with Gasteiger partial charge in [-0.15, -0.1) is 11.3 Å². The van der Waals surface area contributed by atoms with E-state index in [1.54, 1.807) is 11.3 Å². The van der Waals surface area contributed by atoms with Gasteiger partial charge in [-0.2, -0.15) is 0 Å². The fraction of sp³-hybridized carbons (Fsp3) is 0.368. The predicted molar refractivity (Wildman–Crippen MR) is 103 cm³/mol. The molecule has 25 heavy (non-hydrogen) atoms. The van der Waals surface area contributed by atoms with Crippen LogP contribution in [-0.4, -0.2) is 36.3 Å². The number of thiophene rings is 1. The van der Waals surface area contributed by atoms with Gasteiger partial charge >= 0.3 is 0 Å². The van der Waals surface area contributed by atoms with Crippen molar-refractivity contribution in [2.45, 2.75) is 33.4 Å². The van der Waals surface area contributed by atoms with E-state index in [1.165, 1.54) is 4.88 Å². The minimum Gasteiger partial charge on any atom is -0.346 e. The van der Waals surface area contributed by atoms with Crippen molar-refractivity contribution < 1.29 is 9.59 Å². The van der Waals surface area contributed by atoms with Crippen LogP contribution in [-0.2, 0) is 16.1 Å². The Bertz CT molecular complexity index is 708. The minimum atomic E-state index is -0.310. The topological polar surface area (TPSA) is 61.4 Å². The van der Waals surface area contributed by atoms with Crippen LogP contribution in [0.1, 0.15) is 22.9 Å². The maximum atomic E-state index is 12.3. The lowest BCUT2D eigenvalue weighted by Gasteiger charge is -2.23. The monoisotopic (exact) mass is 359 g/mol. The third-order valence-corrected chi connectivity index (χ3v) is 5.06. The van der Waals surface area contributed by atoms with Crippen LogP contribution < -0.4 is 10.6 Å². The normalized spacial score (nSPS) is 12.0. The van der Waals surface area contributed by atoms with Crippen molar-refractivity contribution in [3.63, 3.8) is 0 Å². The highest BCUT2D eigenvalue weighted by atomic mass is 32.1. The van der Waals surface area contributed by atoms with Crippen LogP contribution in [0.2, 0.25) is 0 Å². The first-order chi connectivity index (χ1) is 11.9. The Labute approximate surface area is 153 Å². The van der Waals surface area contributed by atoms with Crippen LogP contribution in [0.25, 0.3) is 0 Å². The summed E-state index contributed by atoms with van der Waals surface area (Å²) in [6.07, 6.45) is 0. The maximum Gasteiger partial charge on any atom is 0.243 e. The molecule has 0 aliphatic rings. The summed E-state index contributed by atoms with van der Waals surface area (Å²) in [6, 6.07) is 9.58. The Hall–Kier alpha value is -2.18. The number of rotatable bonds is 7. The number of carbonyl (C=O) groups excluding carboxylic acids is 2. The van der Waals surface area contributed by atoms with Crippen molar-refractivity contribution in [1.82, 2.24) is 10.2 Å². The van der Waals surface area contributed by atoms with Gasteiger partial charge in [0.15, 0.2) is 0 Å². The molecule has 2 amide bonds. The molecule has 6 heteroatoms. The van der Waals surface area contributed by atoms with E-state index in [0.29, 0.717) is 6.54 Å². The number of hydrogen-bond acceptors (Lipinski definition) is 4. The van der Waals surface area contributed by atoms with Gasteiger partial charge in [-0.1, -0.05) is 24.3 Å². The van der Waals surface area contributed by atoms with Crippen LogP contribution in [0.3, 0.4) is 0 Å². The highest BCUT2D eigenvalue weighted by molar-refractivity contribution is 7.09. The Morgan fingerprint density at radius 2 is 1.84 bits per heavy atom. The van der Waals surface area contributed by atoms with Crippen molar-refractivity contribution >= 4 is 28.8 Å². The largest absolute Gasteiger partial charge is 0.346 e. The lowest BCUT2D eigenvalue weighted by atomic mass is 10.1. The molecule has 0 saturated carbocycles. The number of para-hydroxylation sites is 1. The van der Waals surface area contributed by atoms with E-state index in [9.17, 15) is 9.59 Å². The van der Waals surface area contributed by atoms with Crippen LogP contribution >= 0.6 is 11.3 Å². The van der Waals surface area contributed by atoms with Gasteiger partial charge in [-0.3, -0.25) is 14.5 Å². The highest BCUT2D eigenvalue weighted by Gasteiger charge is 2.19. The van der Waals surface area contributed by atoms with E-state index in [1.807, 2.05) is 68.4 Å². The summed E-state index contributed by atoms with van der Waals surface area (Å²) < 4.78 is 0. The summed E-state index contributed by atoms with van der Waals surface area (Å²) in [5.41, 5.74) is 2.82. The smallest absolute Gasteiger partial charge is 0.243 e. The molecule has 2 rings (SSSR count). The Balaban J connectivity index is 1.83. The molecule has 134 valence electrons. The second-order valence-electron chi connectivity index (χ2n) is 6.20. The molecule has 0 spiro atoms. The molecule has 1 atom stereocenters. The number of nitrogens with one attached hydrogen (secondary N) is 2. The van der Waals surface area contributed by atoms with Crippen molar-refractivity contribution in [3.8, 4) is 0 Å².